The van der Waals surface area contributed by atoms with Crippen LogP contribution in [0.25, 0.3) is 0 Å². The van der Waals surface area contributed by atoms with Crippen LogP contribution >= 0.6 is 0 Å². The van der Waals surface area contributed by atoms with Crippen molar-refractivity contribution in [1.82, 2.24) is 4.57 Å². The fraction of sp³-hybridized carbons (Fsp3) is 0.538. The van der Waals surface area contributed by atoms with Crippen LogP contribution in [0.15, 0.2) is 10.9 Å². The summed E-state index contributed by atoms with van der Waals surface area (Å²) >= 11 is 0. The van der Waals surface area contributed by atoms with Crippen molar-refractivity contribution in [1.29, 1.82) is 0 Å². The van der Waals surface area contributed by atoms with Gasteiger partial charge >= 0.3 is 5.97 Å². The molecule has 17 heavy (non-hydrogen) atoms. The second kappa shape index (κ2) is 4.35. The van der Waals surface area contributed by atoms with Crippen LogP contribution in [-0.2, 0) is 6.54 Å². The predicted octanol–water partition coefficient (Wildman–Crippen LogP) is 1.96. The molecule has 4 nitrogen and oxygen atoms in total. The maximum Gasteiger partial charge on any atom is 0.337 e. The molecule has 0 aliphatic heterocycles. The third-order valence-electron chi connectivity index (χ3n) is 3.44. The van der Waals surface area contributed by atoms with Crippen molar-refractivity contribution in [3.63, 3.8) is 0 Å². The zero-order chi connectivity index (χ0) is 12.6. The summed E-state index contributed by atoms with van der Waals surface area (Å²) in [6.45, 7) is 4.02. The number of pyridine rings is 1. The summed E-state index contributed by atoms with van der Waals surface area (Å²) in [7, 11) is 0. The molecule has 1 fully saturated rings. The van der Waals surface area contributed by atoms with Crippen LogP contribution in [0.3, 0.4) is 0 Å². The van der Waals surface area contributed by atoms with Gasteiger partial charge in [-0.2, -0.15) is 0 Å². The summed E-state index contributed by atoms with van der Waals surface area (Å²) in [6, 6.07) is 1.42. The van der Waals surface area contributed by atoms with Crippen LogP contribution in [0.5, 0.6) is 0 Å². The highest BCUT2D eigenvalue weighted by Crippen LogP contribution is 2.32. The number of carbonyl (C=O) groups is 1. The summed E-state index contributed by atoms with van der Waals surface area (Å²) < 4.78 is 1.59. The highest BCUT2D eigenvalue weighted by molar-refractivity contribution is 5.90. The molecule has 0 saturated heterocycles. The first-order chi connectivity index (χ1) is 8.00. The number of aryl methyl sites for hydroxylation is 1. The van der Waals surface area contributed by atoms with Gasteiger partial charge in [-0.05, 0) is 31.7 Å². The Kier molecular flexibility index (Phi) is 3.05. The summed E-state index contributed by atoms with van der Waals surface area (Å²) in [5.74, 6) is -0.226. The Morgan fingerprint density at radius 1 is 1.47 bits per heavy atom. The highest BCUT2D eigenvalue weighted by Gasteiger charge is 2.22. The Labute approximate surface area is 99.9 Å². The van der Waals surface area contributed by atoms with E-state index in [4.69, 9.17) is 5.11 Å². The van der Waals surface area contributed by atoms with E-state index in [1.54, 1.807) is 18.4 Å². The van der Waals surface area contributed by atoms with Crippen molar-refractivity contribution < 1.29 is 9.90 Å². The molecule has 1 aliphatic rings. The minimum Gasteiger partial charge on any atom is -0.478 e. The average molecular weight is 235 g/mol. The van der Waals surface area contributed by atoms with Crippen molar-refractivity contribution >= 4 is 5.97 Å². The molecule has 92 valence electrons. The van der Waals surface area contributed by atoms with Crippen LogP contribution in [-0.4, -0.2) is 15.6 Å². The maximum atomic E-state index is 11.8. The SMILES string of the molecule is Cc1cc(=O)n(CCC2CC2)c(C)c1C(=O)O. The molecule has 1 aromatic rings. The minimum absolute atomic E-state index is 0.0920. The van der Waals surface area contributed by atoms with Crippen molar-refractivity contribution in [2.45, 2.75) is 39.7 Å². The van der Waals surface area contributed by atoms with Gasteiger partial charge in [0, 0.05) is 18.3 Å². The van der Waals surface area contributed by atoms with Gasteiger partial charge in [0.05, 0.1) is 5.56 Å². The molecule has 0 atom stereocenters. The molecule has 1 aromatic heterocycles. The molecule has 0 amide bonds. The lowest BCUT2D eigenvalue weighted by Crippen LogP contribution is -2.25. The number of hydrogen-bond donors (Lipinski definition) is 1. The first kappa shape index (κ1) is 11.9. The number of rotatable bonds is 4. The molecule has 1 N–H and O–H groups in total. The number of aromatic carboxylic acids is 1. The van der Waals surface area contributed by atoms with E-state index >= 15 is 0 Å². The van der Waals surface area contributed by atoms with Gasteiger partial charge in [0.2, 0.25) is 0 Å². The molecule has 2 rings (SSSR count). The average Bonchev–Trinajstić information content (AvgIpc) is 2.99. The summed E-state index contributed by atoms with van der Waals surface area (Å²) in [5.41, 5.74) is 1.29. The lowest BCUT2D eigenvalue weighted by molar-refractivity contribution is 0.0694. The first-order valence-electron chi connectivity index (χ1n) is 5.95. The van der Waals surface area contributed by atoms with Crippen LogP contribution in [0.2, 0.25) is 0 Å². The Morgan fingerprint density at radius 3 is 2.65 bits per heavy atom. The number of nitrogens with zero attached hydrogens (tertiary/aromatic N) is 1. The van der Waals surface area contributed by atoms with Crippen LogP contribution in [0.1, 0.15) is 40.9 Å². The molecule has 1 heterocycles. The van der Waals surface area contributed by atoms with Gasteiger partial charge in [-0.15, -0.1) is 0 Å². The second-order valence-corrected chi connectivity index (χ2v) is 4.81. The number of hydrogen-bond acceptors (Lipinski definition) is 2. The van der Waals surface area contributed by atoms with Crippen molar-refractivity contribution in [2.24, 2.45) is 5.92 Å². The molecular formula is C13H17NO3. The lowest BCUT2D eigenvalue weighted by atomic mass is 10.1. The lowest BCUT2D eigenvalue weighted by Gasteiger charge is -2.13. The van der Waals surface area contributed by atoms with Crippen LogP contribution < -0.4 is 5.56 Å². The van der Waals surface area contributed by atoms with Crippen LogP contribution in [0, 0.1) is 19.8 Å². The van der Waals surface area contributed by atoms with Crippen molar-refractivity contribution in [3.05, 3.63) is 33.2 Å². The first-order valence-corrected chi connectivity index (χ1v) is 5.95. The quantitative estimate of drug-likeness (QED) is 0.867. The van der Waals surface area contributed by atoms with E-state index in [2.05, 4.69) is 0 Å². The van der Waals surface area contributed by atoms with E-state index in [9.17, 15) is 9.59 Å². The molecule has 0 radical (unpaired) electrons. The number of carboxylic acids is 1. The van der Waals surface area contributed by atoms with E-state index in [1.165, 1.54) is 18.9 Å². The molecule has 4 heteroatoms. The highest BCUT2D eigenvalue weighted by atomic mass is 16.4. The minimum atomic E-state index is -0.958. The van der Waals surface area contributed by atoms with Crippen LogP contribution in [0.4, 0.5) is 0 Å². The van der Waals surface area contributed by atoms with Crippen molar-refractivity contribution in [3.8, 4) is 0 Å². The standard InChI is InChI=1S/C13H17NO3/c1-8-7-11(15)14(6-5-10-3-4-10)9(2)12(8)13(16)17/h7,10H,3-6H2,1-2H3,(H,16,17). The summed E-state index contributed by atoms with van der Waals surface area (Å²) in [6.07, 6.45) is 3.46. The molecule has 0 spiro atoms. The summed E-state index contributed by atoms with van der Waals surface area (Å²) in [4.78, 5) is 23.0. The normalized spacial score (nSPS) is 14.9. The Bertz CT molecular complexity index is 512. The van der Waals surface area contributed by atoms with Gasteiger partial charge in [-0.3, -0.25) is 4.79 Å². The Hall–Kier alpha value is -1.58. The van der Waals surface area contributed by atoms with E-state index in [0.717, 1.165) is 12.3 Å². The topological polar surface area (TPSA) is 59.3 Å². The fourth-order valence-corrected chi connectivity index (χ4v) is 2.24. The van der Waals surface area contributed by atoms with E-state index in [-0.39, 0.29) is 11.1 Å². The maximum absolute atomic E-state index is 11.8. The van der Waals surface area contributed by atoms with Crippen molar-refractivity contribution in [2.75, 3.05) is 0 Å². The third kappa shape index (κ3) is 2.40. The van der Waals surface area contributed by atoms with E-state index < -0.39 is 5.97 Å². The molecule has 0 unspecified atom stereocenters. The van der Waals surface area contributed by atoms with E-state index in [0.29, 0.717) is 17.8 Å². The molecule has 0 bridgehead atoms. The number of aromatic nitrogens is 1. The smallest absolute Gasteiger partial charge is 0.337 e. The Balaban J connectivity index is 2.38. The van der Waals surface area contributed by atoms with Gasteiger partial charge in [-0.1, -0.05) is 12.8 Å². The third-order valence-corrected chi connectivity index (χ3v) is 3.44. The van der Waals surface area contributed by atoms with Gasteiger partial charge in [0.15, 0.2) is 0 Å². The van der Waals surface area contributed by atoms with Gasteiger partial charge in [0.25, 0.3) is 5.56 Å². The molecule has 1 aliphatic carbocycles. The second-order valence-electron chi connectivity index (χ2n) is 4.81. The summed E-state index contributed by atoms with van der Waals surface area (Å²) in [5, 5.41) is 9.14. The fourth-order valence-electron chi connectivity index (χ4n) is 2.24. The molecule has 1 saturated carbocycles. The monoisotopic (exact) mass is 235 g/mol. The zero-order valence-corrected chi connectivity index (χ0v) is 10.2. The van der Waals surface area contributed by atoms with Gasteiger partial charge < -0.3 is 9.67 Å². The predicted molar refractivity (Wildman–Crippen MR) is 64.5 cm³/mol. The Morgan fingerprint density at radius 2 is 2.12 bits per heavy atom. The molecular weight excluding hydrogens is 218 g/mol. The number of carboxylic acid groups (broad SMARTS) is 1. The van der Waals surface area contributed by atoms with Gasteiger partial charge in [-0.25, -0.2) is 4.79 Å². The van der Waals surface area contributed by atoms with Gasteiger partial charge in [0.1, 0.15) is 0 Å². The van der Waals surface area contributed by atoms with E-state index in [1.807, 2.05) is 0 Å². The molecule has 0 aromatic carbocycles. The zero-order valence-electron chi connectivity index (χ0n) is 10.2. The largest absolute Gasteiger partial charge is 0.478 e.